The van der Waals surface area contributed by atoms with Gasteiger partial charge < -0.3 is 23.7 Å². The smallest absolute Gasteiger partial charge is 0.253 e. The molecule has 8 nitrogen and oxygen atoms in total. The molecule has 0 unspecified atom stereocenters. The first-order chi connectivity index (χ1) is 13.8. The first kappa shape index (κ1) is 22.0. The third-order valence-corrected chi connectivity index (χ3v) is 3.72. The molecule has 1 aliphatic heterocycles. The largest absolute Gasteiger partial charge is 0.491 e. The van der Waals surface area contributed by atoms with Crippen LogP contribution in [0, 0.1) is 0 Å². The predicted molar refractivity (Wildman–Crippen MR) is 101 cm³/mol. The minimum atomic E-state index is -0.297. The summed E-state index contributed by atoms with van der Waals surface area (Å²) in [4.78, 5) is 23.8. The van der Waals surface area contributed by atoms with Gasteiger partial charge in [-0.1, -0.05) is 18.2 Å². The molecule has 0 spiro atoms. The summed E-state index contributed by atoms with van der Waals surface area (Å²) in [6.07, 6.45) is 2.52. The van der Waals surface area contributed by atoms with E-state index in [1.165, 1.54) is 12.2 Å². The van der Waals surface area contributed by atoms with Crippen LogP contribution in [0.4, 0.5) is 0 Å². The number of benzene rings is 1. The van der Waals surface area contributed by atoms with Crippen LogP contribution >= 0.6 is 0 Å². The maximum absolute atomic E-state index is 11.3. The van der Waals surface area contributed by atoms with Crippen molar-refractivity contribution in [2.45, 2.75) is 0 Å². The number of hydrogen-bond acceptors (Lipinski definition) is 7. The van der Waals surface area contributed by atoms with Gasteiger partial charge in [0, 0.05) is 12.2 Å². The Labute approximate surface area is 164 Å². The van der Waals surface area contributed by atoms with Gasteiger partial charge in [-0.25, -0.2) is 0 Å². The van der Waals surface area contributed by atoms with Crippen LogP contribution in [-0.2, 0) is 28.5 Å². The molecule has 2 rings (SSSR count). The maximum atomic E-state index is 11.3. The Morgan fingerprint density at radius 2 is 1.07 bits per heavy atom. The molecular formula is C20H27NO7. The lowest BCUT2D eigenvalue weighted by atomic mass is 10.3. The lowest BCUT2D eigenvalue weighted by Gasteiger charge is -2.13. The van der Waals surface area contributed by atoms with E-state index in [4.69, 9.17) is 23.7 Å². The fraction of sp³-hybridized carbons (Fsp3) is 0.500. The van der Waals surface area contributed by atoms with Crippen molar-refractivity contribution in [1.29, 1.82) is 0 Å². The Morgan fingerprint density at radius 1 is 0.607 bits per heavy atom. The number of hydrogen-bond donors (Lipinski definition) is 0. The van der Waals surface area contributed by atoms with E-state index in [1.54, 1.807) is 0 Å². The summed E-state index contributed by atoms with van der Waals surface area (Å²) in [6, 6.07) is 9.60. The molecular weight excluding hydrogens is 366 g/mol. The molecule has 0 saturated heterocycles. The van der Waals surface area contributed by atoms with Crippen LogP contribution in [0.25, 0.3) is 0 Å². The van der Waals surface area contributed by atoms with Crippen molar-refractivity contribution in [2.75, 3.05) is 66.0 Å². The first-order valence-corrected chi connectivity index (χ1v) is 9.30. The summed E-state index contributed by atoms with van der Waals surface area (Å²) >= 11 is 0. The third kappa shape index (κ3) is 9.09. The average molecular weight is 393 g/mol. The van der Waals surface area contributed by atoms with Gasteiger partial charge in [0.05, 0.1) is 59.4 Å². The molecule has 1 heterocycles. The van der Waals surface area contributed by atoms with Crippen LogP contribution in [0.1, 0.15) is 0 Å². The molecule has 1 aliphatic rings. The number of amides is 2. The Balaban J connectivity index is 1.28. The highest BCUT2D eigenvalue weighted by molar-refractivity contribution is 6.12. The first-order valence-electron chi connectivity index (χ1n) is 9.30. The lowest BCUT2D eigenvalue weighted by molar-refractivity contribution is -0.137. The Bertz CT molecular complexity index is 588. The second kappa shape index (κ2) is 13.8. The van der Waals surface area contributed by atoms with Crippen LogP contribution in [0.5, 0.6) is 5.75 Å². The number of ether oxygens (including phenoxy) is 5. The molecule has 0 N–H and O–H groups in total. The molecule has 8 heteroatoms. The van der Waals surface area contributed by atoms with Gasteiger partial charge in [-0.3, -0.25) is 14.5 Å². The number of carbonyl (C=O) groups excluding carboxylic acids is 2. The zero-order valence-corrected chi connectivity index (χ0v) is 15.9. The molecule has 154 valence electrons. The summed E-state index contributed by atoms with van der Waals surface area (Å²) in [5.74, 6) is 0.239. The van der Waals surface area contributed by atoms with Gasteiger partial charge in [-0.15, -0.1) is 0 Å². The molecule has 0 aliphatic carbocycles. The number of nitrogens with zero attached hydrogens (tertiary/aromatic N) is 1. The van der Waals surface area contributed by atoms with Gasteiger partial charge in [0.2, 0.25) is 0 Å². The van der Waals surface area contributed by atoms with E-state index in [2.05, 4.69) is 0 Å². The van der Waals surface area contributed by atoms with Crippen LogP contribution in [-0.4, -0.2) is 82.7 Å². The minimum absolute atomic E-state index is 0.254. The lowest BCUT2D eigenvalue weighted by Crippen LogP contribution is -2.33. The Hall–Kier alpha value is -2.26. The molecule has 2 amide bonds. The summed E-state index contributed by atoms with van der Waals surface area (Å²) in [7, 11) is 0. The van der Waals surface area contributed by atoms with Gasteiger partial charge in [-0.2, -0.15) is 0 Å². The van der Waals surface area contributed by atoms with Crippen molar-refractivity contribution < 1.29 is 33.3 Å². The van der Waals surface area contributed by atoms with E-state index in [0.717, 1.165) is 10.6 Å². The number of imide groups is 1. The van der Waals surface area contributed by atoms with Crippen LogP contribution < -0.4 is 4.74 Å². The van der Waals surface area contributed by atoms with E-state index in [0.29, 0.717) is 59.5 Å². The van der Waals surface area contributed by atoms with Crippen LogP contribution in [0.3, 0.4) is 0 Å². The molecule has 0 bridgehead atoms. The van der Waals surface area contributed by atoms with Gasteiger partial charge in [0.15, 0.2) is 0 Å². The number of rotatable bonds is 16. The van der Waals surface area contributed by atoms with Gasteiger partial charge in [-0.05, 0) is 12.1 Å². The molecule has 1 aromatic rings. The highest BCUT2D eigenvalue weighted by atomic mass is 16.6. The molecule has 0 aromatic heterocycles. The van der Waals surface area contributed by atoms with Crippen LogP contribution in [0.2, 0.25) is 0 Å². The van der Waals surface area contributed by atoms with Crippen molar-refractivity contribution in [1.82, 2.24) is 4.90 Å². The normalized spacial score (nSPS) is 13.5. The summed E-state index contributed by atoms with van der Waals surface area (Å²) in [6.45, 7) is 4.33. The second-order valence-electron chi connectivity index (χ2n) is 5.77. The monoisotopic (exact) mass is 393 g/mol. The van der Waals surface area contributed by atoms with Crippen molar-refractivity contribution in [3.05, 3.63) is 42.5 Å². The fourth-order valence-corrected chi connectivity index (χ4v) is 2.30. The number of para-hydroxylation sites is 1. The van der Waals surface area contributed by atoms with Gasteiger partial charge in [0.25, 0.3) is 11.8 Å². The quantitative estimate of drug-likeness (QED) is 0.307. The third-order valence-electron chi connectivity index (χ3n) is 3.72. The van der Waals surface area contributed by atoms with E-state index < -0.39 is 0 Å². The SMILES string of the molecule is O=C1C=CC(=O)N1CCOCCOCCOCCOCCOc1ccccc1. The summed E-state index contributed by atoms with van der Waals surface area (Å²) < 4.78 is 27.0. The molecule has 0 fully saturated rings. The number of carbonyl (C=O) groups is 2. The Kier molecular flexibility index (Phi) is 10.9. The molecule has 28 heavy (non-hydrogen) atoms. The average Bonchev–Trinajstić information content (AvgIpc) is 3.03. The zero-order valence-electron chi connectivity index (χ0n) is 15.9. The highest BCUT2D eigenvalue weighted by Crippen LogP contribution is 2.07. The maximum Gasteiger partial charge on any atom is 0.253 e. The van der Waals surface area contributed by atoms with Crippen molar-refractivity contribution in [2.24, 2.45) is 0 Å². The predicted octanol–water partition coefficient (Wildman–Crippen LogP) is 1.06. The van der Waals surface area contributed by atoms with Gasteiger partial charge in [0.1, 0.15) is 12.4 Å². The van der Waals surface area contributed by atoms with E-state index in [-0.39, 0.29) is 18.4 Å². The highest BCUT2D eigenvalue weighted by Gasteiger charge is 2.22. The van der Waals surface area contributed by atoms with Crippen molar-refractivity contribution >= 4 is 11.8 Å². The van der Waals surface area contributed by atoms with E-state index in [1.807, 2.05) is 30.3 Å². The molecule has 1 aromatic carbocycles. The van der Waals surface area contributed by atoms with Crippen LogP contribution in [0.15, 0.2) is 42.5 Å². The second-order valence-corrected chi connectivity index (χ2v) is 5.77. The topological polar surface area (TPSA) is 83.5 Å². The fourth-order valence-electron chi connectivity index (χ4n) is 2.30. The zero-order chi connectivity index (χ0) is 19.9. The van der Waals surface area contributed by atoms with Gasteiger partial charge >= 0.3 is 0 Å². The molecule has 0 saturated carbocycles. The molecule has 0 atom stereocenters. The van der Waals surface area contributed by atoms with E-state index in [9.17, 15) is 9.59 Å². The van der Waals surface area contributed by atoms with E-state index >= 15 is 0 Å². The van der Waals surface area contributed by atoms with Crippen molar-refractivity contribution in [3.8, 4) is 5.75 Å². The van der Waals surface area contributed by atoms with Crippen molar-refractivity contribution in [3.63, 3.8) is 0 Å². The molecule has 0 radical (unpaired) electrons. The Morgan fingerprint density at radius 3 is 1.61 bits per heavy atom. The minimum Gasteiger partial charge on any atom is -0.491 e. The summed E-state index contributed by atoms with van der Waals surface area (Å²) in [5, 5.41) is 0. The standard InChI is InChI=1S/C20H27NO7/c22-19-6-7-20(23)21(19)8-9-24-10-11-25-12-13-26-14-15-27-16-17-28-18-4-2-1-3-5-18/h1-7H,8-17H2. The summed E-state index contributed by atoms with van der Waals surface area (Å²) in [5.41, 5.74) is 0.